The average Bonchev–Trinajstić information content (AvgIpc) is 3.07. The van der Waals surface area contributed by atoms with E-state index >= 15 is 0 Å². The van der Waals surface area contributed by atoms with Crippen molar-refractivity contribution in [2.24, 2.45) is 0 Å². The van der Waals surface area contributed by atoms with Gasteiger partial charge in [-0.15, -0.1) is 11.3 Å². The van der Waals surface area contributed by atoms with Gasteiger partial charge in [-0.25, -0.2) is 8.42 Å². The molecule has 0 bridgehead atoms. The van der Waals surface area contributed by atoms with Crippen LogP contribution in [-0.4, -0.2) is 38.3 Å². The molecule has 1 N–H and O–H groups in total. The summed E-state index contributed by atoms with van der Waals surface area (Å²) in [4.78, 5) is 12.8. The zero-order chi connectivity index (χ0) is 17.6. The van der Waals surface area contributed by atoms with Crippen molar-refractivity contribution in [3.05, 3.63) is 52.2 Å². The standard InChI is InChI=1S/C17H22N2O3S2/c1-3-19(4-2)24(21,22)15-12-16(23-13-15)17(20)18-11-10-14-8-6-5-7-9-14/h5-9,12-13H,3-4,10-11H2,1-2H3,(H,18,20). The van der Waals surface area contributed by atoms with Gasteiger partial charge in [-0.3, -0.25) is 4.79 Å². The van der Waals surface area contributed by atoms with E-state index in [0.29, 0.717) is 24.5 Å². The Balaban J connectivity index is 1.98. The lowest BCUT2D eigenvalue weighted by Gasteiger charge is -2.17. The highest BCUT2D eigenvalue weighted by molar-refractivity contribution is 7.89. The Morgan fingerprint density at radius 3 is 2.46 bits per heavy atom. The Morgan fingerprint density at radius 1 is 1.17 bits per heavy atom. The Labute approximate surface area is 147 Å². The number of carbonyl (C=O) groups excluding carboxylic acids is 1. The fourth-order valence-corrected chi connectivity index (χ4v) is 4.97. The Morgan fingerprint density at radius 2 is 1.83 bits per heavy atom. The molecule has 0 aliphatic carbocycles. The molecule has 0 saturated carbocycles. The van der Waals surface area contributed by atoms with Crippen molar-refractivity contribution in [2.45, 2.75) is 25.2 Å². The molecule has 1 aromatic heterocycles. The number of thiophene rings is 1. The first-order chi connectivity index (χ1) is 11.5. The van der Waals surface area contributed by atoms with Crippen LogP contribution in [0.5, 0.6) is 0 Å². The molecule has 1 aromatic carbocycles. The highest BCUT2D eigenvalue weighted by atomic mass is 32.2. The molecule has 0 aliphatic rings. The van der Waals surface area contributed by atoms with Gasteiger partial charge in [0, 0.05) is 25.0 Å². The van der Waals surface area contributed by atoms with Crippen molar-refractivity contribution in [2.75, 3.05) is 19.6 Å². The lowest BCUT2D eigenvalue weighted by Crippen LogP contribution is -2.30. The maximum atomic E-state index is 12.4. The largest absolute Gasteiger partial charge is 0.351 e. The number of hydrogen-bond donors (Lipinski definition) is 1. The zero-order valence-electron chi connectivity index (χ0n) is 13.9. The third-order valence-corrected chi connectivity index (χ3v) is 6.79. The van der Waals surface area contributed by atoms with Crippen LogP contribution >= 0.6 is 11.3 Å². The van der Waals surface area contributed by atoms with Crippen LogP contribution < -0.4 is 5.32 Å². The van der Waals surface area contributed by atoms with E-state index in [1.54, 1.807) is 13.8 Å². The molecule has 2 rings (SSSR count). The molecule has 0 aliphatic heterocycles. The van der Waals surface area contributed by atoms with E-state index in [0.717, 1.165) is 23.3 Å². The van der Waals surface area contributed by atoms with Gasteiger partial charge in [0.15, 0.2) is 0 Å². The van der Waals surface area contributed by atoms with Gasteiger partial charge in [0.2, 0.25) is 10.0 Å². The summed E-state index contributed by atoms with van der Waals surface area (Å²) >= 11 is 1.15. The summed E-state index contributed by atoms with van der Waals surface area (Å²) in [7, 11) is -3.51. The van der Waals surface area contributed by atoms with E-state index in [-0.39, 0.29) is 10.8 Å². The second-order valence-corrected chi connectivity index (χ2v) is 8.08. The number of nitrogens with zero attached hydrogens (tertiary/aromatic N) is 1. The molecule has 0 unspecified atom stereocenters. The molecule has 2 aromatic rings. The van der Waals surface area contributed by atoms with E-state index in [1.807, 2.05) is 30.3 Å². The number of amides is 1. The number of rotatable bonds is 8. The monoisotopic (exact) mass is 366 g/mol. The van der Waals surface area contributed by atoms with Gasteiger partial charge in [0.05, 0.1) is 9.77 Å². The van der Waals surface area contributed by atoms with Crippen LogP contribution in [0.3, 0.4) is 0 Å². The van der Waals surface area contributed by atoms with Gasteiger partial charge in [-0.2, -0.15) is 4.31 Å². The molecular weight excluding hydrogens is 344 g/mol. The molecule has 0 radical (unpaired) electrons. The molecule has 0 saturated heterocycles. The van der Waals surface area contributed by atoms with Crippen molar-refractivity contribution in [3.63, 3.8) is 0 Å². The molecule has 0 spiro atoms. The van der Waals surface area contributed by atoms with E-state index in [9.17, 15) is 13.2 Å². The molecule has 5 nitrogen and oxygen atoms in total. The summed E-state index contributed by atoms with van der Waals surface area (Å²) in [6, 6.07) is 11.3. The van der Waals surface area contributed by atoms with Crippen molar-refractivity contribution in [3.8, 4) is 0 Å². The van der Waals surface area contributed by atoms with Gasteiger partial charge >= 0.3 is 0 Å². The lowest BCUT2D eigenvalue weighted by atomic mass is 10.1. The second-order valence-electron chi connectivity index (χ2n) is 5.23. The minimum absolute atomic E-state index is 0.185. The average molecular weight is 367 g/mol. The van der Waals surface area contributed by atoms with Crippen LogP contribution in [-0.2, 0) is 16.4 Å². The molecule has 130 valence electrons. The zero-order valence-corrected chi connectivity index (χ0v) is 15.5. The van der Waals surface area contributed by atoms with Gasteiger partial charge < -0.3 is 5.32 Å². The normalized spacial score (nSPS) is 11.6. The highest BCUT2D eigenvalue weighted by Gasteiger charge is 2.24. The summed E-state index contributed by atoms with van der Waals surface area (Å²) < 4.78 is 26.2. The van der Waals surface area contributed by atoms with E-state index in [4.69, 9.17) is 0 Å². The van der Waals surface area contributed by atoms with Crippen LogP contribution in [0.1, 0.15) is 29.1 Å². The first-order valence-corrected chi connectivity index (χ1v) is 10.2. The minimum Gasteiger partial charge on any atom is -0.351 e. The van der Waals surface area contributed by atoms with Crippen molar-refractivity contribution in [1.29, 1.82) is 0 Å². The van der Waals surface area contributed by atoms with Gasteiger partial charge in [0.25, 0.3) is 5.91 Å². The predicted molar refractivity (Wildman–Crippen MR) is 96.9 cm³/mol. The maximum Gasteiger partial charge on any atom is 0.261 e. The summed E-state index contributed by atoms with van der Waals surface area (Å²) in [6.07, 6.45) is 0.739. The Hall–Kier alpha value is -1.70. The molecule has 7 heteroatoms. The van der Waals surface area contributed by atoms with Crippen LogP contribution in [0.4, 0.5) is 0 Å². The maximum absolute atomic E-state index is 12.4. The number of nitrogens with one attached hydrogen (secondary N) is 1. The predicted octanol–water partition coefficient (Wildman–Crippen LogP) is 2.75. The lowest BCUT2D eigenvalue weighted by molar-refractivity contribution is 0.0958. The second kappa shape index (κ2) is 8.41. The van der Waals surface area contributed by atoms with Gasteiger partial charge in [0.1, 0.15) is 0 Å². The summed E-state index contributed by atoms with van der Waals surface area (Å²) in [6.45, 7) is 4.93. The van der Waals surface area contributed by atoms with E-state index in [2.05, 4.69) is 5.32 Å². The molecule has 0 atom stereocenters. The smallest absolute Gasteiger partial charge is 0.261 e. The molecule has 1 heterocycles. The summed E-state index contributed by atoms with van der Waals surface area (Å²) in [5.41, 5.74) is 1.15. The molecule has 24 heavy (non-hydrogen) atoms. The first-order valence-electron chi connectivity index (χ1n) is 7.89. The van der Waals surface area contributed by atoms with Crippen LogP contribution in [0.15, 0.2) is 46.7 Å². The summed E-state index contributed by atoms with van der Waals surface area (Å²) in [5.74, 6) is -0.239. The molecular formula is C17H22N2O3S2. The molecule has 0 fully saturated rings. The fourth-order valence-electron chi connectivity index (χ4n) is 2.34. The third kappa shape index (κ3) is 4.43. The Bertz CT molecular complexity index is 766. The van der Waals surface area contributed by atoms with E-state index < -0.39 is 10.0 Å². The fraction of sp³-hybridized carbons (Fsp3) is 0.353. The van der Waals surface area contributed by atoms with Crippen molar-refractivity contribution < 1.29 is 13.2 Å². The molecule has 1 amide bonds. The minimum atomic E-state index is -3.51. The summed E-state index contributed by atoms with van der Waals surface area (Å²) in [5, 5.41) is 4.36. The van der Waals surface area contributed by atoms with Crippen LogP contribution in [0.25, 0.3) is 0 Å². The Kier molecular flexibility index (Phi) is 6.53. The number of sulfonamides is 1. The van der Waals surface area contributed by atoms with Crippen LogP contribution in [0, 0.1) is 0 Å². The SMILES string of the molecule is CCN(CC)S(=O)(=O)c1csc(C(=O)NCCc2ccccc2)c1. The van der Waals surface area contributed by atoms with Crippen molar-refractivity contribution in [1.82, 2.24) is 9.62 Å². The number of benzene rings is 1. The highest BCUT2D eigenvalue weighted by Crippen LogP contribution is 2.22. The van der Waals surface area contributed by atoms with Gasteiger partial charge in [-0.1, -0.05) is 44.2 Å². The van der Waals surface area contributed by atoms with Crippen LogP contribution in [0.2, 0.25) is 0 Å². The third-order valence-electron chi connectivity index (χ3n) is 3.68. The van der Waals surface area contributed by atoms with Gasteiger partial charge in [-0.05, 0) is 18.1 Å². The van der Waals surface area contributed by atoms with Crippen molar-refractivity contribution >= 4 is 27.3 Å². The number of hydrogen-bond acceptors (Lipinski definition) is 4. The number of carbonyl (C=O) groups is 1. The quantitative estimate of drug-likeness (QED) is 0.781. The topological polar surface area (TPSA) is 66.5 Å². The van der Waals surface area contributed by atoms with E-state index in [1.165, 1.54) is 15.8 Å². The first kappa shape index (κ1) is 18.6.